The van der Waals surface area contributed by atoms with Crippen LogP contribution in [0.4, 0.5) is 0 Å². The van der Waals surface area contributed by atoms with Crippen LogP contribution in [0, 0.1) is 12.8 Å². The summed E-state index contributed by atoms with van der Waals surface area (Å²) in [6, 6.07) is 11.6. The molecule has 0 radical (unpaired) electrons. The highest BCUT2D eigenvalue weighted by Crippen LogP contribution is 2.24. The first-order chi connectivity index (χ1) is 14.2. The normalized spacial score (nSPS) is 16.9. The minimum Gasteiger partial charge on any atom is -0.486 e. The quantitative estimate of drug-likeness (QED) is 0.699. The van der Waals surface area contributed by atoms with Gasteiger partial charge in [0.2, 0.25) is 0 Å². The summed E-state index contributed by atoms with van der Waals surface area (Å²) >= 11 is 0. The maximum absolute atomic E-state index is 13.2. The van der Waals surface area contributed by atoms with E-state index in [2.05, 4.69) is 10.3 Å². The fourth-order valence-corrected chi connectivity index (χ4v) is 4.07. The van der Waals surface area contributed by atoms with Gasteiger partial charge in [-0.1, -0.05) is 18.2 Å². The van der Waals surface area contributed by atoms with E-state index in [1.807, 2.05) is 72.1 Å². The topological polar surface area (TPSA) is 58.9 Å². The van der Waals surface area contributed by atoms with Crippen molar-refractivity contribution in [3.8, 4) is 5.75 Å². The number of amides is 1. The van der Waals surface area contributed by atoms with Crippen LogP contribution in [0.15, 0.2) is 48.8 Å². The van der Waals surface area contributed by atoms with Crippen LogP contribution in [0.3, 0.4) is 0 Å². The van der Waals surface area contributed by atoms with Crippen molar-refractivity contribution in [2.24, 2.45) is 5.92 Å². The SMILES string of the molecule is CNCC1CCCN(C(=O)c2ccccc2OCc2cn3cccc(C)c3n2)C1. The lowest BCUT2D eigenvalue weighted by Crippen LogP contribution is -2.42. The standard InChI is InChI=1S/C23H28N4O2/c1-17-7-5-11-26-15-19(25-22(17)26)16-29-21-10-4-3-9-20(21)23(28)27-12-6-8-18(14-27)13-24-2/h3-5,7,9-11,15,18,24H,6,8,12-14,16H2,1-2H3. The number of nitrogens with one attached hydrogen (secondary N) is 1. The Balaban J connectivity index is 1.49. The van der Waals surface area contributed by atoms with E-state index in [0.717, 1.165) is 49.4 Å². The molecule has 3 aromatic rings. The van der Waals surface area contributed by atoms with E-state index in [0.29, 0.717) is 23.8 Å². The van der Waals surface area contributed by atoms with E-state index in [4.69, 9.17) is 4.74 Å². The summed E-state index contributed by atoms with van der Waals surface area (Å²) in [5.41, 5.74) is 3.51. The highest BCUT2D eigenvalue weighted by Gasteiger charge is 2.26. The zero-order valence-corrected chi connectivity index (χ0v) is 17.1. The van der Waals surface area contributed by atoms with E-state index in [-0.39, 0.29) is 5.91 Å². The fourth-order valence-electron chi connectivity index (χ4n) is 4.07. The molecule has 6 nitrogen and oxygen atoms in total. The number of imidazole rings is 1. The van der Waals surface area contributed by atoms with Crippen molar-refractivity contribution in [2.75, 3.05) is 26.7 Å². The number of para-hydroxylation sites is 1. The van der Waals surface area contributed by atoms with Crippen molar-refractivity contribution in [1.82, 2.24) is 19.6 Å². The van der Waals surface area contributed by atoms with Crippen LogP contribution < -0.4 is 10.1 Å². The van der Waals surface area contributed by atoms with Crippen molar-refractivity contribution in [3.05, 3.63) is 65.6 Å². The number of aromatic nitrogens is 2. The largest absolute Gasteiger partial charge is 0.486 e. The lowest BCUT2D eigenvalue weighted by Gasteiger charge is -2.33. The highest BCUT2D eigenvalue weighted by molar-refractivity contribution is 5.97. The lowest BCUT2D eigenvalue weighted by atomic mass is 9.97. The Morgan fingerprint density at radius 1 is 1.28 bits per heavy atom. The summed E-state index contributed by atoms with van der Waals surface area (Å²) in [5, 5.41) is 3.23. The number of ether oxygens (including phenoxy) is 1. The van der Waals surface area contributed by atoms with Gasteiger partial charge in [-0.15, -0.1) is 0 Å². The number of pyridine rings is 1. The average Bonchev–Trinajstić information content (AvgIpc) is 3.17. The molecule has 1 aliphatic heterocycles. The van der Waals surface area contributed by atoms with Crippen molar-refractivity contribution >= 4 is 11.6 Å². The minimum atomic E-state index is 0.0484. The number of likely N-dealkylation sites (tertiary alicyclic amines) is 1. The average molecular weight is 393 g/mol. The highest BCUT2D eigenvalue weighted by atomic mass is 16.5. The molecule has 3 heterocycles. The first-order valence-electron chi connectivity index (χ1n) is 10.2. The molecule has 1 aliphatic rings. The summed E-state index contributed by atoms with van der Waals surface area (Å²) in [4.78, 5) is 19.8. The van der Waals surface area contributed by atoms with Crippen LogP contribution in [0.2, 0.25) is 0 Å². The predicted octanol–water partition coefficient (Wildman–Crippen LogP) is 3.29. The van der Waals surface area contributed by atoms with Gasteiger partial charge in [-0.25, -0.2) is 4.98 Å². The van der Waals surface area contributed by atoms with Crippen LogP contribution in [0.25, 0.3) is 5.65 Å². The van der Waals surface area contributed by atoms with E-state index in [1.165, 1.54) is 0 Å². The molecule has 1 fully saturated rings. The third-order valence-corrected chi connectivity index (χ3v) is 5.52. The maximum atomic E-state index is 13.2. The Labute approximate surface area is 171 Å². The molecule has 29 heavy (non-hydrogen) atoms. The number of carbonyl (C=O) groups is 1. The number of hydrogen-bond acceptors (Lipinski definition) is 4. The number of carbonyl (C=O) groups excluding carboxylic acids is 1. The number of nitrogens with zero attached hydrogens (tertiary/aromatic N) is 3. The summed E-state index contributed by atoms with van der Waals surface area (Å²) in [6.07, 6.45) is 6.16. The summed E-state index contributed by atoms with van der Waals surface area (Å²) in [5.74, 6) is 1.17. The van der Waals surface area contributed by atoms with Gasteiger partial charge in [0.1, 0.15) is 18.0 Å². The van der Waals surface area contributed by atoms with Gasteiger partial charge in [-0.2, -0.15) is 0 Å². The number of fused-ring (bicyclic) bond motifs is 1. The van der Waals surface area contributed by atoms with Gasteiger partial charge in [-0.3, -0.25) is 4.79 Å². The van der Waals surface area contributed by atoms with Gasteiger partial charge in [0, 0.05) is 25.5 Å². The zero-order valence-electron chi connectivity index (χ0n) is 17.1. The molecule has 1 aromatic carbocycles. The third-order valence-electron chi connectivity index (χ3n) is 5.52. The monoisotopic (exact) mass is 392 g/mol. The third kappa shape index (κ3) is 4.27. The van der Waals surface area contributed by atoms with Crippen molar-refractivity contribution in [1.29, 1.82) is 0 Å². The second-order valence-electron chi connectivity index (χ2n) is 7.76. The van der Waals surface area contributed by atoms with Crippen molar-refractivity contribution in [2.45, 2.75) is 26.4 Å². The summed E-state index contributed by atoms with van der Waals surface area (Å²) in [7, 11) is 1.96. The van der Waals surface area contributed by atoms with Crippen LogP contribution >= 0.6 is 0 Å². The lowest BCUT2D eigenvalue weighted by molar-refractivity contribution is 0.0669. The van der Waals surface area contributed by atoms with Gasteiger partial charge in [0.15, 0.2) is 0 Å². The minimum absolute atomic E-state index is 0.0484. The molecule has 0 saturated carbocycles. The molecule has 1 N–H and O–H groups in total. The van der Waals surface area contributed by atoms with Gasteiger partial charge in [-0.05, 0) is 63.0 Å². The van der Waals surface area contributed by atoms with Gasteiger partial charge in [0.25, 0.3) is 5.91 Å². The molecule has 1 atom stereocenters. The molecule has 6 heteroatoms. The van der Waals surface area contributed by atoms with Crippen molar-refractivity contribution < 1.29 is 9.53 Å². The molecule has 0 aliphatic carbocycles. The Kier molecular flexibility index (Phi) is 5.81. The van der Waals surface area contributed by atoms with Gasteiger partial charge >= 0.3 is 0 Å². The number of piperidine rings is 1. The number of rotatable bonds is 6. The smallest absolute Gasteiger partial charge is 0.257 e. The maximum Gasteiger partial charge on any atom is 0.257 e. The van der Waals surface area contributed by atoms with Gasteiger partial charge in [0.05, 0.1) is 11.3 Å². The molecular formula is C23H28N4O2. The van der Waals surface area contributed by atoms with E-state index < -0.39 is 0 Å². The predicted molar refractivity (Wildman–Crippen MR) is 113 cm³/mol. The van der Waals surface area contributed by atoms with E-state index in [1.54, 1.807) is 0 Å². The number of benzene rings is 1. The van der Waals surface area contributed by atoms with E-state index in [9.17, 15) is 4.79 Å². The zero-order chi connectivity index (χ0) is 20.2. The molecule has 1 saturated heterocycles. The molecule has 2 aromatic heterocycles. The molecule has 0 bridgehead atoms. The van der Waals surface area contributed by atoms with Crippen LogP contribution in [0.1, 0.15) is 34.5 Å². The van der Waals surface area contributed by atoms with Gasteiger partial charge < -0.3 is 19.4 Å². The van der Waals surface area contributed by atoms with Crippen LogP contribution in [-0.4, -0.2) is 46.9 Å². The van der Waals surface area contributed by atoms with Crippen LogP contribution in [-0.2, 0) is 6.61 Å². The first-order valence-corrected chi connectivity index (χ1v) is 10.2. The molecule has 4 rings (SSSR count). The van der Waals surface area contributed by atoms with E-state index >= 15 is 0 Å². The second-order valence-corrected chi connectivity index (χ2v) is 7.76. The van der Waals surface area contributed by atoms with Crippen LogP contribution in [0.5, 0.6) is 5.75 Å². The first kappa shape index (κ1) is 19.5. The number of hydrogen-bond donors (Lipinski definition) is 1. The second kappa shape index (κ2) is 8.66. The Bertz CT molecular complexity index is 995. The molecular weight excluding hydrogens is 364 g/mol. The Hall–Kier alpha value is -2.86. The molecule has 1 unspecified atom stereocenters. The fraction of sp³-hybridized carbons (Fsp3) is 0.391. The molecule has 152 valence electrons. The Morgan fingerprint density at radius 2 is 2.14 bits per heavy atom. The molecule has 0 spiro atoms. The summed E-state index contributed by atoms with van der Waals surface area (Å²) in [6.45, 7) is 4.91. The Morgan fingerprint density at radius 3 is 2.97 bits per heavy atom. The molecule has 1 amide bonds. The van der Waals surface area contributed by atoms with Crippen molar-refractivity contribution in [3.63, 3.8) is 0 Å². The summed E-state index contributed by atoms with van der Waals surface area (Å²) < 4.78 is 8.04. The number of aryl methyl sites for hydroxylation is 1.